The Morgan fingerprint density at radius 3 is 2.85 bits per heavy atom. The van der Waals surface area contributed by atoms with Gasteiger partial charge in [0.2, 0.25) is 11.8 Å². The van der Waals surface area contributed by atoms with E-state index in [1.807, 2.05) is 0 Å². The molecule has 2 amide bonds. The standard InChI is InChI=1S/C14H19N3O3/c1-15-9-13(18)16-10-5-6-12(20-2)11(8-10)17-7-3-4-14(17)19/h5-6,8,15H,3-4,7,9H2,1-2H3,(H,16,18). The second-order valence-corrected chi connectivity index (χ2v) is 4.61. The Bertz CT molecular complexity index is 516. The van der Waals surface area contributed by atoms with Crippen molar-refractivity contribution in [1.82, 2.24) is 5.32 Å². The highest BCUT2D eigenvalue weighted by molar-refractivity contribution is 5.98. The van der Waals surface area contributed by atoms with Crippen LogP contribution >= 0.6 is 0 Å². The monoisotopic (exact) mass is 277 g/mol. The van der Waals surface area contributed by atoms with Crippen LogP contribution in [0.2, 0.25) is 0 Å². The molecular formula is C14H19N3O3. The number of methoxy groups -OCH3 is 1. The van der Waals surface area contributed by atoms with Gasteiger partial charge in [0.25, 0.3) is 0 Å². The summed E-state index contributed by atoms with van der Waals surface area (Å²) in [6, 6.07) is 5.29. The third-order valence-electron chi connectivity index (χ3n) is 3.16. The van der Waals surface area contributed by atoms with E-state index in [0.29, 0.717) is 30.1 Å². The average Bonchev–Trinajstić information content (AvgIpc) is 2.85. The summed E-state index contributed by atoms with van der Waals surface area (Å²) >= 11 is 0. The second-order valence-electron chi connectivity index (χ2n) is 4.61. The molecule has 0 radical (unpaired) electrons. The van der Waals surface area contributed by atoms with E-state index in [2.05, 4.69) is 10.6 Å². The largest absolute Gasteiger partial charge is 0.495 e. The molecule has 0 atom stereocenters. The van der Waals surface area contributed by atoms with E-state index < -0.39 is 0 Å². The Balaban J connectivity index is 2.24. The van der Waals surface area contributed by atoms with Crippen molar-refractivity contribution in [3.63, 3.8) is 0 Å². The second kappa shape index (κ2) is 6.38. The summed E-state index contributed by atoms with van der Waals surface area (Å²) in [5, 5.41) is 5.56. The molecule has 0 bridgehead atoms. The minimum absolute atomic E-state index is 0.0852. The third-order valence-corrected chi connectivity index (χ3v) is 3.16. The third kappa shape index (κ3) is 3.08. The van der Waals surface area contributed by atoms with Gasteiger partial charge in [0.05, 0.1) is 19.3 Å². The fourth-order valence-corrected chi connectivity index (χ4v) is 2.25. The van der Waals surface area contributed by atoms with Crippen LogP contribution in [-0.2, 0) is 9.59 Å². The topological polar surface area (TPSA) is 70.7 Å². The lowest BCUT2D eigenvalue weighted by Gasteiger charge is -2.20. The van der Waals surface area contributed by atoms with Gasteiger partial charge in [-0.2, -0.15) is 0 Å². The zero-order valence-electron chi connectivity index (χ0n) is 11.7. The first-order chi connectivity index (χ1) is 9.65. The Morgan fingerprint density at radius 2 is 2.25 bits per heavy atom. The van der Waals surface area contributed by atoms with E-state index in [4.69, 9.17) is 4.74 Å². The van der Waals surface area contributed by atoms with Crippen molar-refractivity contribution in [3.05, 3.63) is 18.2 Å². The SMILES string of the molecule is CNCC(=O)Nc1ccc(OC)c(N2CCCC2=O)c1. The molecule has 6 heteroatoms. The molecule has 1 saturated heterocycles. The highest BCUT2D eigenvalue weighted by Gasteiger charge is 2.24. The summed E-state index contributed by atoms with van der Waals surface area (Å²) in [6.07, 6.45) is 1.40. The van der Waals surface area contributed by atoms with E-state index >= 15 is 0 Å². The average molecular weight is 277 g/mol. The van der Waals surface area contributed by atoms with Crippen LogP contribution in [-0.4, -0.2) is 39.1 Å². The van der Waals surface area contributed by atoms with Gasteiger partial charge in [-0.1, -0.05) is 0 Å². The first kappa shape index (κ1) is 14.3. The molecule has 0 saturated carbocycles. The number of benzene rings is 1. The van der Waals surface area contributed by atoms with Crippen molar-refractivity contribution < 1.29 is 14.3 Å². The zero-order valence-corrected chi connectivity index (χ0v) is 11.7. The lowest BCUT2D eigenvalue weighted by atomic mass is 10.2. The molecule has 2 N–H and O–H groups in total. The van der Waals surface area contributed by atoms with Crippen LogP contribution in [0, 0.1) is 0 Å². The number of rotatable bonds is 5. The first-order valence-corrected chi connectivity index (χ1v) is 6.58. The highest BCUT2D eigenvalue weighted by Crippen LogP contribution is 2.33. The predicted molar refractivity (Wildman–Crippen MR) is 77.1 cm³/mol. The van der Waals surface area contributed by atoms with Crippen LogP contribution in [0.4, 0.5) is 11.4 Å². The van der Waals surface area contributed by atoms with Gasteiger partial charge in [0.1, 0.15) is 5.75 Å². The summed E-state index contributed by atoms with van der Waals surface area (Å²) < 4.78 is 5.29. The van der Waals surface area contributed by atoms with E-state index in [0.717, 1.165) is 6.42 Å². The first-order valence-electron chi connectivity index (χ1n) is 6.58. The molecule has 1 aliphatic heterocycles. The molecule has 20 heavy (non-hydrogen) atoms. The van der Waals surface area contributed by atoms with Crippen LogP contribution in [0.25, 0.3) is 0 Å². The normalized spacial score (nSPS) is 14.5. The minimum Gasteiger partial charge on any atom is -0.495 e. The number of hydrogen-bond acceptors (Lipinski definition) is 4. The quantitative estimate of drug-likeness (QED) is 0.841. The molecule has 108 valence electrons. The van der Waals surface area contributed by atoms with Gasteiger partial charge in [0, 0.05) is 18.7 Å². The molecule has 6 nitrogen and oxygen atoms in total. The number of hydrogen-bond donors (Lipinski definition) is 2. The molecule has 1 aromatic rings. The van der Waals surface area contributed by atoms with Crippen molar-refractivity contribution in [2.75, 3.05) is 37.5 Å². The molecule has 1 fully saturated rings. The van der Waals surface area contributed by atoms with Crippen LogP contribution in [0.5, 0.6) is 5.75 Å². The number of carbonyl (C=O) groups excluding carboxylic acids is 2. The molecule has 0 aromatic heterocycles. The molecule has 0 aliphatic carbocycles. The van der Waals surface area contributed by atoms with Gasteiger partial charge in [-0.25, -0.2) is 0 Å². The van der Waals surface area contributed by atoms with Crippen molar-refractivity contribution in [2.45, 2.75) is 12.8 Å². The Hall–Kier alpha value is -2.08. The van der Waals surface area contributed by atoms with Gasteiger partial charge in [-0.05, 0) is 31.7 Å². The van der Waals surface area contributed by atoms with Crippen molar-refractivity contribution in [3.8, 4) is 5.75 Å². The maximum Gasteiger partial charge on any atom is 0.238 e. The van der Waals surface area contributed by atoms with Gasteiger partial charge in [-0.3, -0.25) is 9.59 Å². The molecule has 0 spiro atoms. The minimum atomic E-state index is -0.128. The molecule has 1 heterocycles. The lowest BCUT2D eigenvalue weighted by molar-refractivity contribution is -0.117. The number of nitrogens with zero attached hydrogens (tertiary/aromatic N) is 1. The lowest BCUT2D eigenvalue weighted by Crippen LogP contribution is -2.26. The molecule has 0 unspecified atom stereocenters. The van der Waals surface area contributed by atoms with Gasteiger partial charge >= 0.3 is 0 Å². The van der Waals surface area contributed by atoms with Gasteiger partial charge in [-0.15, -0.1) is 0 Å². The van der Waals surface area contributed by atoms with Crippen LogP contribution in [0.3, 0.4) is 0 Å². The van der Waals surface area contributed by atoms with Gasteiger partial charge < -0.3 is 20.3 Å². The van der Waals surface area contributed by atoms with E-state index in [1.54, 1.807) is 37.3 Å². The summed E-state index contributed by atoms with van der Waals surface area (Å²) in [4.78, 5) is 25.1. The Kier molecular flexibility index (Phi) is 4.57. The molecule has 2 rings (SSSR count). The Morgan fingerprint density at radius 1 is 1.45 bits per heavy atom. The number of amides is 2. The maximum absolute atomic E-state index is 11.9. The van der Waals surface area contributed by atoms with Gasteiger partial charge in [0.15, 0.2) is 0 Å². The number of likely N-dealkylation sites (N-methyl/N-ethyl adjacent to an activating group) is 1. The maximum atomic E-state index is 11.9. The van der Waals surface area contributed by atoms with Crippen LogP contribution < -0.4 is 20.3 Å². The summed E-state index contributed by atoms with van der Waals surface area (Å²) in [5.41, 5.74) is 1.36. The summed E-state index contributed by atoms with van der Waals surface area (Å²) in [7, 11) is 3.28. The molecular weight excluding hydrogens is 258 g/mol. The van der Waals surface area contributed by atoms with E-state index in [-0.39, 0.29) is 18.4 Å². The smallest absolute Gasteiger partial charge is 0.238 e. The predicted octanol–water partition coefficient (Wildman–Crippen LogP) is 0.980. The van der Waals surface area contributed by atoms with Crippen molar-refractivity contribution in [2.24, 2.45) is 0 Å². The van der Waals surface area contributed by atoms with E-state index in [9.17, 15) is 9.59 Å². The van der Waals surface area contributed by atoms with Crippen LogP contribution in [0.1, 0.15) is 12.8 Å². The summed E-state index contributed by atoms with van der Waals surface area (Å²) in [6.45, 7) is 0.924. The highest BCUT2D eigenvalue weighted by atomic mass is 16.5. The van der Waals surface area contributed by atoms with E-state index in [1.165, 1.54) is 0 Å². The number of nitrogens with one attached hydrogen (secondary N) is 2. The van der Waals surface area contributed by atoms with Crippen molar-refractivity contribution in [1.29, 1.82) is 0 Å². The number of anilines is 2. The fourth-order valence-electron chi connectivity index (χ4n) is 2.25. The molecule has 1 aromatic carbocycles. The zero-order chi connectivity index (χ0) is 14.5. The summed E-state index contributed by atoms with van der Waals surface area (Å²) in [5.74, 6) is 0.588. The fraction of sp³-hybridized carbons (Fsp3) is 0.429. The van der Waals surface area contributed by atoms with Crippen LogP contribution in [0.15, 0.2) is 18.2 Å². The number of ether oxygens (including phenoxy) is 1. The Labute approximate surface area is 118 Å². The van der Waals surface area contributed by atoms with Crippen molar-refractivity contribution >= 4 is 23.2 Å². The molecule has 1 aliphatic rings. The number of carbonyl (C=O) groups is 2.